The van der Waals surface area contributed by atoms with Gasteiger partial charge in [0.1, 0.15) is 0 Å². The van der Waals surface area contributed by atoms with Crippen molar-refractivity contribution in [3.05, 3.63) is 35.9 Å². The summed E-state index contributed by atoms with van der Waals surface area (Å²) in [4.78, 5) is 4.44. The quantitative estimate of drug-likeness (QED) is 0.562. The van der Waals surface area contributed by atoms with Crippen LogP contribution in [0.25, 0.3) is 0 Å². The van der Waals surface area contributed by atoms with Crippen molar-refractivity contribution in [3.63, 3.8) is 0 Å². The number of aliphatic imine (C=N–C) groups is 1. The standard InChI is InChI=1S/C12H17NO/c1-11(13-9-5-6-10-14)12-7-3-2-4-8-12/h2-4,7-8,14H,5-6,9-10H2,1H3. The van der Waals surface area contributed by atoms with Crippen molar-refractivity contribution >= 4 is 5.71 Å². The minimum atomic E-state index is 0.264. The molecule has 1 aromatic carbocycles. The Bertz CT molecular complexity index is 280. The van der Waals surface area contributed by atoms with Crippen LogP contribution in [0, 0.1) is 0 Å². The van der Waals surface area contributed by atoms with E-state index in [4.69, 9.17) is 5.11 Å². The minimum absolute atomic E-state index is 0.264. The van der Waals surface area contributed by atoms with E-state index >= 15 is 0 Å². The molecular formula is C12H17NO. The largest absolute Gasteiger partial charge is 0.396 e. The van der Waals surface area contributed by atoms with Crippen LogP contribution >= 0.6 is 0 Å². The first kappa shape index (κ1) is 10.9. The van der Waals surface area contributed by atoms with Crippen molar-refractivity contribution in [2.75, 3.05) is 13.2 Å². The van der Waals surface area contributed by atoms with Gasteiger partial charge in [-0.3, -0.25) is 4.99 Å². The van der Waals surface area contributed by atoms with Crippen LogP contribution < -0.4 is 0 Å². The first-order valence-corrected chi connectivity index (χ1v) is 5.02. The molecule has 0 unspecified atom stereocenters. The average molecular weight is 191 g/mol. The lowest BCUT2D eigenvalue weighted by atomic mass is 10.1. The SMILES string of the molecule is CC(=NCCCCO)c1ccccc1. The van der Waals surface area contributed by atoms with Crippen LogP contribution in [0.1, 0.15) is 25.3 Å². The molecule has 0 atom stereocenters. The highest BCUT2D eigenvalue weighted by atomic mass is 16.2. The molecule has 14 heavy (non-hydrogen) atoms. The Hall–Kier alpha value is -1.15. The molecule has 1 N–H and O–H groups in total. The number of nitrogens with zero attached hydrogens (tertiary/aromatic N) is 1. The zero-order chi connectivity index (χ0) is 10.2. The van der Waals surface area contributed by atoms with E-state index in [0.29, 0.717) is 0 Å². The predicted molar refractivity (Wildman–Crippen MR) is 59.8 cm³/mol. The molecule has 0 radical (unpaired) electrons. The molecule has 0 heterocycles. The Labute approximate surface area is 85.3 Å². The molecule has 76 valence electrons. The smallest absolute Gasteiger partial charge is 0.0431 e. The molecular weight excluding hydrogens is 174 g/mol. The molecule has 0 saturated carbocycles. The van der Waals surface area contributed by atoms with E-state index in [9.17, 15) is 0 Å². The van der Waals surface area contributed by atoms with Crippen LogP contribution in [-0.4, -0.2) is 24.0 Å². The van der Waals surface area contributed by atoms with E-state index in [0.717, 1.165) is 25.1 Å². The maximum absolute atomic E-state index is 8.60. The van der Waals surface area contributed by atoms with Gasteiger partial charge in [0.25, 0.3) is 0 Å². The maximum Gasteiger partial charge on any atom is 0.0431 e. The van der Waals surface area contributed by atoms with E-state index in [-0.39, 0.29) is 6.61 Å². The van der Waals surface area contributed by atoms with Crippen molar-refractivity contribution in [1.82, 2.24) is 0 Å². The highest BCUT2D eigenvalue weighted by molar-refractivity contribution is 5.98. The van der Waals surface area contributed by atoms with Crippen LogP contribution in [0.5, 0.6) is 0 Å². The van der Waals surface area contributed by atoms with Gasteiger partial charge in [0.2, 0.25) is 0 Å². The topological polar surface area (TPSA) is 32.6 Å². The Balaban J connectivity index is 2.44. The number of hydrogen-bond donors (Lipinski definition) is 1. The molecule has 1 rings (SSSR count). The van der Waals surface area contributed by atoms with E-state index in [1.807, 2.05) is 25.1 Å². The Morgan fingerprint density at radius 2 is 1.93 bits per heavy atom. The Morgan fingerprint density at radius 3 is 2.57 bits per heavy atom. The number of benzene rings is 1. The minimum Gasteiger partial charge on any atom is -0.396 e. The van der Waals surface area contributed by atoms with Crippen LogP contribution in [0.3, 0.4) is 0 Å². The second-order valence-corrected chi connectivity index (χ2v) is 3.26. The van der Waals surface area contributed by atoms with Gasteiger partial charge in [0.05, 0.1) is 0 Å². The lowest BCUT2D eigenvalue weighted by molar-refractivity contribution is 0.285. The summed E-state index contributed by atoms with van der Waals surface area (Å²) in [6, 6.07) is 10.2. The van der Waals surface area contributed by atoms with Gasteiger partial charge in [-0.05, 0) is 25.3 Å². The number of hydrogen-bond acceptors (Lipinski definition) is 2. The van der Waals surface area contributed by atoms with Gasteiger partial charge < -0.3 is 5.11 Å². The van der Waals surface area contributed by atoms with Gasteiger partial charge in [0.15, 0.2) is 0 Å². The Morgan fingerprint density at radius 1 is 1.21 bits per heavy atom. The number of rotatable bonds is 5. The number of unbranched alkanes of at least 4 members (excludes halogenated alkanes) is 1. The summed E-state index contributed by atoms with van der Waals surface area (Å²) in [5, 5.41) is 8.60. The van der Waals surface area contributed by atoms with Crippen molar-refractivity contribution in [2.24, 2.45) is 4.99 Å². The van der Waals surface area contributed by atoms with E-state index in [2.05, 4.69) is 17.1 Å². The molecule has 0 saturated heterocycles. The third-order valence-corrected chi connectivity index (χ3v) is 2.11. The van der Waals surface area contributed by atoms with Gasteiger partial charge in [-0.2, -0.15) is 0 Å². The summed E-state index contributed by atoms with van der Waals surface area (Å²) in [5.74, 6) is 0. The summed E-state index contributed by atoms with van der Waals surface area (Å²) >= 11 is 0. The lowest BCUT2D eigenvalue weighted by Gasteiger charge is -2.00. The zero-order valence-corrected chi connectivity index (χ0v) is 8.61. The number of aliphatic hydroxyl groups excluding tert-OH is 1. The highest BCUT2D eigenvalue weighted by Gasteiger charge is 1.93. The average Bonchev–Trinajstić information content (AvgIpc) is 2.25. The van der Waals surface area contributed by atoms with Crippen molar-refractivity contribution in [3.8, 4) is 0 Å². The summed E-state index contributed by atoms with van der Waals surface area (Å²) in [6.07, 6.45) is 1.80. The van der Waals surface area contributed by atoms with E-state index < -0.39 is 0 Å². The Kier molecular flexibility index (Phi) is 4.94. The molecule has 2 nitrogen and oxygen atoms in total. The van der Waals surface area contributed by atoms with Gasteiger partial charge in [0, 0.05) is 18.9 Å². The van der Waals surface area contributed by atoms with Gasteiger partial charge in [-0.15, -0.1) is 0 Å². The second kappa shape index (κ2) is 6.33. The summed E-state index contributed by atoms with van der Waals surface area (Å²) in [7, 11) is 0. The molecule has 0 spiro atoms. The van der Waals surface area contributed by atoms with Crippen molar-refractivity contribution < 1.29 is 5.11 Å². The fourth-order valence-electron chi connectivity index (χ4n) is 1.24. The third kappa shape index (κ3) is 3.71. The fraction of sp³-hybridized carbons (Fsp3) is 0.417. The third-order valence-electron chi connectivity index (χ3n) is 2.11. The molecule has 0 aromatic heterocycles. The fourth-order valence-corrected chi connectivity index (χ4v) is 1.24. The van der Waals surface area contributed by atoms with Gasteiger partial charge in [-0.25, -0.2) is 0 Å². The normalized spacial score (nSPS) is 11.7. The van der Waals surface area contributed by atoms with Crippen LogP contribution in [0.2, 0.25) is 0 Å². The second-order valence-electron chi connectivity index (χ2n) is 3.26. The van der Waals surface area contributed by atoms with Crippen molar-refractivity contribution in [1.29, 1.82) is 0 Å². The molecule has 2 heteroatoms. The summed E-state index contributed by atoms with van der Waals surface area (Å²) in [5.41, 5.74) is 2.25. The van der Waals surface area contributed by atoms with E-state index in [1.54, 1.807) is 0 Å². The molecule has 0 aliphatic carbocycles. The maximum atomic E-state index is 8.60. The zero-order valence-electron chi connectivity index (χ0n) is 8.61. The molecule has 0 aliphatic rings. The highest BCUT2D eigenvalue weighted by Crippen LogP contribution is 2.01. The molecule has 0 bridgehead atoms. The number of aliphatic hydroxyl groups is 1. The summed E-state index contributed by atoms with van der Waals surface area (Å²) < 4.78 is 0. The first-order valence-electron chi connectivity index (χ1n) is 5.02. The lowest BCUT2D eigenvalue weighted by Crippen LogP contribution is -1.96. The first-order chi connectivity index (χ1) is 6.84. The van der Waals surface area contributed by atoms with Crippen LogP contribution in [0.4, 0.5) is 0 Å². The molecule has 0 aliphatic heterocycles. The molecule has 0 amide bonds. The molecule has 0 fully saturated rings. The van der Waals surface area contributed by atoms with E-state index in [1.165, 1.54) is 5.56 Å². The molecule has 1 aromatic rings. The van der Waals surface area contributed by atoms with Crippen LogP contribution in [0.15, 0.2) is 35.3 Å². The predicted octanol–water partition coefficient (Wildman–Crippen LogP) is 2.27. The van der Waals surface area contributed by atoms with Crippen molar-refractivity contribution in [2.45, 2.75) is 19.8 Å². The summed E-state index contributed by atoms with van der Waals surface area (Å²) in [6.45, 7) is 3.09. The van der Waals surface area contributed by atoms with Gasteiger partial charge in [-0.1, -0.05) is 30.3 Å². The monoisotopic (exact) mass is 191 g/mol. The van der Waals surface area contributed by atoms with Gasteiger partial charge >= 0.3 is 0 Å². The van der Waals surface area contributed by atoms with Crippen LogP contribution in [-0.2, 0) is 0 Å².